The van der Waals surface area contributed by atoms with Crippen molar-refractivity contribution in [2.75, 3.05) is 7.11 Å². The van der Waals surface area contributed by atoms with Gasteiger partial charge in [-0.3, -0.25) is 14.6 Å². The van der Waals surface area contributed by atoms with Crippen LogP contribution < -0.4 is 45.1 Å². The predicted octanol–water partition coefficient (Wildman–Crippen LogP) is 1.41. The Labute approximate surface area is 300 Å². The summed E-state index contributed by atoms with van der Waals surface area (Å²) in [4.78, 5) is 45.0. The van der Waals surface area contributed by atoms with Crippen molar-refractivity contribution in [3.05, 3.63) is 86.0 Å². The zero-order valence-corrected chi connectivity index (χ0v) is 30.0. The second-order valence-electron chi connectivity index (χ2n) is 11.7. The molecular formula is C35H35CuN4NaO5. The van der Waals surface area contributed by atoms with Crippen LogP contribution in [0, 0.1) is 24.7 Å². The number of hydrogen-bond acceptors (Lipinski definition) is 7. The number of carbonyl (C=O) groups excluding carboxylic acids is 1. The molecule has 0 unspecified atom stereocenters. The molecule has 6 rings (SSSR count). The number of aliphatic imine (C=N–C) groups is 3. The summed E-state index contributed by atoms with van der Waals surface area (Å²) >= 11 is 0. The van der Waals surface area contributed by atoms with E-state index in [1.165, 1.54) is 7.11 Å². The topological polar surface area (TPSA) is 135 Å². The van der Waals surface area contributed by atoms with Crippen LogP contribution in [0.25, 0.3) is 17.4 Å². The van der Waals surface area contributed by atoms with Gasteiger partial charge in [-0.05, 0) is 68.1 Å². The van der Waals surface area contributed by atoms with E-state index in [9.17, 15) is 19.8 Å². The number of aliphatic hydroxyl groups is 1. The van der Waals surface area contributed by atoms with Crippen LogP contribution in [-0.4, -0.2) is 46.4 Å². The van der Waals surface area contributed by atoms with Crippen LogP contribution in [0.1, 0.15) is 58.2 Å². The van der Waals surface area contributed by atoms with E-state index in [1.54, 1.807) is 6.08 Å². The van der Waals surface area contributed by atoms with Crippen molar-refractivity contribution in [3.8, 4) is 0 Å². The van der Waals surface area contributed by atoms with Gasteiger partial charge in [0.15, 0.2) is 0 Å². The van der Waals surface area contributed by atoms with Gasteiger partial charge in [0.2, 0.25) is 0 Å². The number of methoxy groups -OCH3 is 1. The van der Waals surface area contributed by atoms with E-state index in [2.05, 4.69) is 20.4 Å². The van der Waals surface area contributed by atoms with E-state index in [-0.39, 0.29) is 70.6 Å². The van der Waals surface area contributed by atoms with Crippen molar-refractivity contribution in [1.29, 1.82) is 0 Å². The fraction of sp³-hybridized carbons (Fsp3) is 0.343. The predicted molar refractivity (Wildman–Crippen MR) is 171 cm³/mol. The van der Waals surface area contributed by atoms with Crippen LogP contribution in [0.15, 0.2) is 79.2 Å². The molecule has 0 aromatic carbocycles. The summed E-state index contributed by atoms with van der Waals surface area (Å²) in [5.74, 6) is -3.34. The van der Waals surface area contributed by atoms with Crippen molar-refractivity contribution in [2.24, 2.45) is 32.7 Å². The Morgan fingerprint density at radius 1 is 1.07 bits per heavy atom. The van der Waals surface area contributed by atoms with Gasteiger partial charge < -0.3 is 19.9 Å². The number of aliphatic carboxylic acids is 1. The molecule has 1 aromatic rings. The Bertz CT molecular complexity index is 1970. The smallest absolute Gasteiger partial charge is 0.657 e. The molecule has 5 aliphatic rings. The molecule has 0 saturated heterocycles. The molecule has 237 valence electrons. The molecule has 9 nitrogen and oxygen atoms in total. The molecule has 5 heterocycles. The second kappa shape index (κ2) is 13.5. The number of aromatic nitrogens is 1. The van der Waals surface area contributed by atoms with E-state index in [1.807, 2.05) is 39.0 Å². The summed E-state index contributed by atoms with van der Waals surface area (Å²) in [5.41, 5.74) is 10.1. The van der Waals surface area contributed by atoms with Crippen molar-refractivity contribution in [3.63, 3.8) is 0 Å². The molecule has 0 spiro atoms. The molecule has 1 aromatic heterocycles. The number of allylic oxidation sites excluding steroid dienone is 7. The summed E-state index contributed by atoms with van der Waals surface area (Å²) < 4.78 is 5.15. The van der Waals surface area contributed by atoms with Crippen LogP contribution in [0.5, 0.6) is 0 Å². The van der Waals surface area contributed by atoms with Gasteiger partial charge in [-0.15, -0.1) is 11.0 Å². The number of fused-ring (bicyclic) bond motifs is 5. The third kappa shape index (κ3) is 5.54. The van der Waals surface area contributed by atoms with Crippen LogP contribution in [0.3, 0.4) is 0 Å². The first kappa shape index (κ1) is 35.6. The minimum Gasteiger partial charge on any atom is -0.657 e. The Balaban J connectivity index is 0.00000240. The van der Waals surface area contributed by atoms with E-state index in [0.29, 0.717) is 39.7 Å². The fourth-order valence-corrected chi connectivity index (χ4v) is 6.95. The summed E-state index contributed by atoms with van der Waals surface area (Å²) in [6.07, 6.45) is 8.62. The molecule has 1 radical (unpaired) electrons. The molecule has 1 aliphatic carbocycles. The van der Waals surface area contributed by atoms with Gasteiger partial charge in [-0.2, -0.15) is 0 Å². The Morgan fingerprint density at radius 3 is 2.37 bits per heavy atom. The number of rotatable bonds is 6. The average molecular weight is 678 g/mol. The molecule has 0 amide bonds. The van der Waals surface area contributed by atoms with E-state index in [0.717, 1.165) is 57.1 Å². The van der Waals surface area contributed by atoms with Gasteiger partial charge in [0, 0.05) is 57.5 Å². The minimum atomic E-state index is -1.12. The molecule has 46 heavy (non-hydrogen) atoms. The average Bonchev–Trinajstić information content (AvgIpc) is 3.72. The quantitative estimate of drug-likeness (QED) is 0.346. The molecular weight excluding hydrogens is 643 g/mol. The number of carbonyl (C=O) groups is 2. The third-order valence-electron chi connectivity index (χ3n) is 9.44. The fourth-order valence-electron chi connectivity index (χ4n) is 6.95. The van der Waals surface area contributed by atoms with Gasteiger partial charge in [-0.25, -0.2) is 9.98 Å². The number of ether oxygens (including phenoxy) is 1. The first-order valence-electron chi connectivity index (χ1n) is 14.9. The van der Waals surface area contributed by atoms with Crippen molar-refractivity contribution in [2.45, 2.75) is 53.9 Å². The largest absolute Gasteiger partial charge is 1.00 e. The van der Waals surface area contributed by atoms with E-state index >= 15 is 0 Å². The van der Waals surface area contributed by atoms with E-state index in [4.69, 9.17) is 24.7 Å². The van der Waals surface area contributed by atoms with Crippen molar-refractivity contribution in [1.82, 2.24) is 4.98 Å². The molecule has 0 fully saturated rings. The maximum Gasteiger partial charge on any atom is 1.00 e. The Kier molecular flexibility index (Phi) is 10.4. The molecule has 2 N–H and O–H groups in total. The van der Waals surface area contributed by atoms with Gasteiger partial charge >= 0.3 is 41.5 Å². The number of aliphatic hydroxyl groups excluding tert-OH is 1. The van der Waals surface area contributed by atoms with Crippen LogP contribution in [-0.2, 0) is 31.4 Å². The molecule has 0 saturated carbocycles. The number of nitrogens with zero attached hydrogens (tertiary/aromatic N) is 4. The van der Waals surface area contributed by atoms with Crippen molar-refractivity contribution >= 4 is 46.5 Å². The third-order valence-corrected chi connectivity index (χ3v) is 9.44. The number of hydrogen-bond donors (Lipinski definition) is 2. The summed E-state index contributed by atoms with van der Waals surface area (Å²) in [5, 5.41) is 22.1. The Hall–Kier alpha value is -3.27. The van der Waals surface area contributed by atoms with Gasteiger partial charge in [0.1, 0.15) is 11.7 Å². The maximum atomic E-state index is 13.2. The summed E-state index contributed by atoms with van der Waals surface area (Å²) in [6, 6.07) is 0. The van der Waals surface area contributed by atoms with Gasteiger partial charge in [-0.1, -0.05) is 38.1 Å². The second-order valence-corrected chi connectivity index (χ2v) is 11.7. The molecule has 3 atom stereocenters. The zero-order valence-electron chi connectivity index (χ0n) is 27.1. The van der Waals surface area contributed by atoms with Crippen LogP contribution in [0.2, 0.25) is 0 Å². The Morgan fingerprint density at radius 2 is 1.74 bits per heavy atom. The number of carboxylic acids is 1. The molecule has 11 heteroatoms. The SMILES string of the molecule is C=CC1=C(C)C2=NC1=CC1=NC(=Cc3[n-]c4c(c3C)=C(O)[C@H](C(=O)OC)C=4C3=NC(=C2)[C@@H](C)[C@@H]3CCC(=O)O)C(CC)=C1C.[Cu].[Na+]. The molecule has 4 aliphatic heterocycles. The standard InChI is InChI=1S/C35H36N4O5.Cu.Na/c1-8-19-15(3)22-12-24-17(5)21(10-11-28(40)41)32(38-24)30-31(35(43)44-7)34(42)29-18(6)25(39-33(29)30)14-27-20(9-2)16(4)23(37-27)13-26(19)36-22;;/h8,12-14,17,21,31H,1,9-11H2,2-7H3,(H3,36,37,38,39,40,41,42);;/q;;+1/p-1/t17-,21-,31+;;/m0../s1. The molecule has 8 bridgehead atoms. The van der Waals surface area contributed by atoms with E-state index < -0.39 is 17.9 Å². The summed E-state index contributed by atoms with van der Waals surface area (Å²) in [6.45, 7) is 14.1. The van der Waals surface area contributed by atoms with Crippen LogP contribution >= 0.6 is 0 Å². The summed E-state index contributed by atoms with van der Waals surface area (Å²) in [7, 11) is 1.28. The first-order valence-corrected chi connectivity index (χ1v) is 14.9. The van der Waals surface area contributed by atoms with Gasteiger partial charge in [0.05, 0.1) is 29.9 Å². The van der Waals surface area contributed by atoms with Crippen LogP contribution in [0.4, 0.5) is 0 Å². The van der Waals surface area contributed by atoms with Crippen molar-refractivity contribution < 1.29 is 71.2 Å². The maximum absolute atomic E-state index is 13.2. The zero-order chi connectivity index (χ0) is 31.6. The normalized spacial score (nSPS) is 22.8. The number of esters is 1. The first-order chi connectivity index (χ1) is 21.0. The monoisotopic (exact) mass is 677 g/mol. The minimum absolute atomic E-state index is 0. The number of carboxylic acid groups (broad SMARTS) is 1. The van der Waals surface area contributed by atoms with Gasteiger partial charge in [0.25, 0.3) is 0 Å².